The molecule has 0 saturated heterocycles. The van der Waals surface area contributed by atoms with E-state index >= 15 is 0 Å². The lowest BCUT2D eigenvalue weighted by Crippen LogP contribution is -2.59. The summed E-state index contributed by atoms with van der Waals surface area (Å²) in [7, 11) is 0. The monoisotopic (exact) mass is 261 g/mol. The van der Waals surface area contributed by atoms with Crippen LogP contribution in [0.3, 0.4) is 0 Å². The summed E-state index contributed by atoms with van der Waals surface area (Å²) in [5, 5.41) is 20.9. The van der Waals surface area contributed by atoms with E-state index in [0.717, 1.165) is 0 Å². The van der Waals surface area contributed by atoms with Crippen molar-refractivity contribution in [3.05, 3.63) is 35.4 Å². The van der Waals surface area contributed by atoms with Crippen LogP contribution in [0.5, 0.6) is 0 Å². The van der Waals surface area contributed by atoms with Gasteiger partial charge < -0.3 is 15.5 Å². The Balaban J connectivity index is 2.95. The van der Waals surface area contributed by atoms with Crippen molar-refractivity contribution in [1.82, 2.24) is 5.32 Å². The predicted octanol–water partition coefficient (Wildman–Crippen LogP) is 0.622. The molecule has 0 radical (unpaired) electrons. The predicted molar refractivity (Wildman–Crippen MR) is 69.6 cm³/mol. The van der Waals surface area contributed by atoms with Crippen molar-refractivity contribution in [2.24, 2.45) is 0 Å². The first kappa shape index (κ1) is 14.7. The van der Waals surface area contributed by atoms with Gasteiger partial charge in [0.2, 0.25) is 0 Å². The molecule has 1 rings (SSSR count). The van der Waals surface area contributed by atoms with Crippen LogP contribution in [-0.2, 0) is 4.79 Å². The summed E-state index contributed by atoms with van der Waals surface area (Å²) in [6.45, 7) is 2.55. The third kappa shape index (κ3) is 3.12. The zero-order chi connectivity index (χ0) is 14.6. The number of terminal acetylenes is 1. The first-order valence-electron chi connectivity index (χ1n) is 5.62. The molecule has 100 valence electrons. The number of nitrogens with one attached hydrogen (secondary N) is 1. The van der Waals surface area contributed by atoms with E-state index < -0.39 is 23.5 Å². The van der Waals surface area contributed by atoms with Crippen LogP contribution in [0.2, 0.25) is 0 Å². The first-order chi connectivity index (χ1) is 8.81. The fourth-order valence-electron chi connectivity index (χ4n) is 1.36. The number of rotatable bonds is 4. The maximum Gasteiger partial charge on any atom is 0.331 e. The van der Waals surface area contributed by atoms with Crippen molar-refractivity contribution >= 4 is 11.9 Å². The topological polar surface area (TPSA) is 86.6 Å². The Labute approximate surface area is 111 Å². The highest BCUT2D eigenvalue weighted by Gasteiger charge is 2.40. The van der Waals surface area contributed by atoms with Gasteiger partial charge in [0.05, 0.1) is 6.10 Å². The number of aliphatic carboxylic acids is 1. The van der Waals surface area contributed by atoms with Gasteiger partial charge in [0.15, 0.2) is 5.54 Å². The maximum absolute atomic E-state index is 11.9. The molecule has 0 bridgehead atoms. The molecular weight excluding hydrogens is 246 g/mol. The number of aliphatic hydroxyl groups is 1. The van der Waals surface area contributed by atoms with Crippen LogP contribution in [0.15, 0.2) is 24.3 Å². The maximum atomic E-state index is 11.9. The van der Waals surface area contributed by atoms with Crippen molar-refractivity contribution < 1.29 is 19.8 Å². The Kier molecular flexibility index (Phi) is 4.30. The van der Waals surface area contributed by atoms with E-state index in [9.17, 15) is 14.7 Å². The number of carbonyl (C=O) groups is 2. The van der Waals surface area contributed by atoms with Crippen LogP contribution in [-0.4, -0.2) is 33.7 Å². The molecule has 0 aromatic heterocycles. The number of aliphatic hydroxyl groups excluding tert-OH is 1. The van der Waals surface area contributed by atoms with Crippen LogP contribution in [0.25, 0.3) is 0 Å². The molecule has 19 heavy (non-hydrogen) atoms. The molecule has 1 aromatic carbocycles. The van der Waals surface area contributed by atoms with Crippen molar-refractivity contribution in [1.29, 1.82) is 0 Å². The highest BCUT2D eigenvalue weighted by atomic mass is 16.4. The number of carbonyl (C=O) groups excluding carboxylic acids is 1. The third-order valence-electron chi connectivity index (χ3n) is 2.97. The minimum Gasteiger partial charge on any atom is -0.479 e. The standard InChI is InChI=1S/C14H15NO4/c1-4-10-5-7-11(8-6-10)12(17)15-14(3,9(2)16)13(18)19/h1,5-9,16H,2-3H3,(H,15,17)(H,18,19)/t9-,14+/m1/s1. The fourth-order valence-corrected chi connectivity index (χ4v) is 1.36. The summed E-state index contributed by atoms with van der Waals surface area (Å²) in [5.41, 5.74) is -0.859. The number of carboxylic acids is 1. The second-order valence-corrected chi connectivity index (χ2v) is 4.36. The summed E-state index contributed by atoms with van der Waals surface area (Å²) in [6.07, 6.45) is 3.96. The van der Waals surface area contributed by atoms with E-state index in [4.69, 9.17) is 11.5 Å². The zero-order valence-electron chi connectivity index (χ0n) is 10.7. The van der Waals surface area contributed by atoms with Gasteiger partial charge in [-0.25, -0.2) is 4.79 Å². The second kappa shape index (κ2) is 5.55. The van der Waals surface area contributed by atoms with Gasteiger partial charge in [-0.2, -0.15) is 0 Å². The van der Waals surface area contributed by atoms with Gasteiger partial charge in [-0.3, -0.25) is 4.79 Å². The van der Waals surface area contributed by atoms with E-state index in [1.165, 1.54) is 26.0 Å². The van der Waals surface area contributed by atoms with E-state index in [2.05, 4.69) is 11.2 Å². The van der Waals surface area contributed by atoms with Gasteiger partial charge in [0.25, 0.3) is 5.91 Å². The molecule has 0 heterocycles. The van der Waals surface area contributed by atoms with Crippen molar-refractivity contribution in [3.63, 3.8) is 0 Å². The molecule has 5 nitrogen and oxygen atoms in total. The van der Waals surface area contributed by atoms with Crippen molar-refractivity contribution in [2.45, 2.75) is 25.5 Å². The molecule has 0 fully saturated rings. The van der Waals surface area contributed by atoms with E-state index in [1.807, 2.05) is 0 Å². The zero-order valence-corrected chi connectivity index (χ0v) is 10.7. The molecule has 0 spiro atoms. The van der Waals surface area contributed by atoms with Gasteiger partial charge in [0, 0.05) is 11.1 Å². The van der Waals surface area contributed by atoms with Gasteiger partial charge >= 0.3 is 5.97 Å². The van der Waals surface area contributed by atoms with Gasteiger partial charge in [-0.1, -0.05) is 5.92 Å². The minimum absolute atomic E-state index is 0.270. The molecule has 1 amide bonds. The summed E-state index contributed by atoms with van der Waals surface area (Å²) < 4.78 is 0. The normalized spacial score (nSPS) is 14.8. The SMILES string of the molecule is C#Cc1ccc(C(=O)N[C@](C)(C(=O)O)[C@@H](C)O)cc1. The number of hydrogen-bond acceptors (Lipinski definition) is 3. The summed E-state index contributed by atoms with van der Waals surface area (Å²) in [4.78, 5) is 23.1. The Bertz CT molecular complexity index is 527. The molecule has 0 aliphatic rings. The van der Waals surface area contributed by atoms with E-state index in [1.54, 1.807) is 12.1 Å². The molecule has 0 aliphatic carbocycles. The summed E-state index contributed by atoms with van der Waals surface area (Å²) in [5.74, 6) is 0.514. The average Bonchev–Trinajstić information content (AvgIpc) is 2.38. The average molecular weight is 261 g/mol. The lowest BCUT2D eigenvalue weighted by atomic mass is 9.95. The minimum atomic E-state index is -1.75. The Hall–Kier alpha value is -2.32. The van der Waals surface area contributed by atoms with E-state index in [0.29, 0.717) is 5.56 Å². The molecule has 5 heteroatoms. The van der Waals surface area contributed by atoms with E-state index in [-0.39, 0.29) is 5.56 Å². The number of benzene rings is 1. The lowest BCUT2D eigenvalue weighted by molar-refractivity contribution is -0.148. The number of amides is 1. The van der Waals surface area contributed by atoms with Crippen molar-refractivity contribution in [3.8, 4) is 12.3 Å². The molecule has 1 aromatic rings. The lowest BCUT2D eigenvalue weighted by Gasteiger charge is -2.29. The molecule has 0 unspecified atom stereocenters. The molecular formula is C14H15NO4. The highest BCUT2D eigenvalue weighted by Crippen LogP contribution is 2.12. The molecule has 0 saturated carbocycles. The third-order valence-corrected chi connectivity index (χ3v) is 2.97. The summed E-state index contributed by atoms with van der Waals surface area (Å²) in [6, 6.07) is 6.15. The van der Waals surface area contributed by atoms with Crippen molar-refractivity contribution in [2.75, 3.05) is 0 Å². The van der Waals surface area contributed by atoms with Gasteiger partial charge in [-0.05, 0) is 38.1 Å². The van der Waals surface area contributed by atoms with Gasteiger partial charge in [0.1, 0.15) is 0 Å². The Morgan fingerprint density at radius 1 is 1.37 bits per heavy atom. The van der Waals surface area contributed by atoms with Crippen LogP contribution >= 0.6 is 0 Å². The molecule has 3 N–H and O–H groups in total. The quantitative estimate of drug-likeness (QED) is 0.693. The molecule has 2 atom stereocenters. The van der Waals surface area contributed by atoms with Crippen LogP contribution in [0, 0.1) is 12.3 Å². The second-order valence-electron chi connectivity index (χ2n) is 4.36. The smallest absolute Gasteiger partial charge is 0.331 e. The van der Waals surface area contributed by atoms with Gasteiger partial charge in [-0.15, -0.1) is 6.42 Å². The van der Waals surface area contributed by atoms with Crippen LogP contribution in [0.1, 0.15) is 29.8 Å². The Morgan fingerprint density at radius 3 is 2.26 bits per heavy atom. The fraction of sp³-hybridized carbons (Fsp3) is 0.286. The van der Waals surface area contributed by atoms with Crippen LogP contribution in [0.4, 0.5) is 0 Å². The van der Waals surface area contributed by atoms with Crippen LogP contribution < -0.4 is 5.32 Å². The largest absolute Gasteiger partial charge is 0.479 e. The number of hydrogen-bond donors (Lipinski definition) is 3. The molecule has 0 aliphatic heterocycles. The highest BCUT2D eigenvalue weighted by molar-refractivity contribution is 5.98. The first-order valence-corrected chi connectivity index (χ1v) is 5.62. The number of carboxylic acid groups (broad SMARTS) is 1. The Morgan fingerprint density at radius 2 is 1.89 bits per heavy atom. The summed E-state index contributed by atoms with van der Waals surface area (Å²) >= 11 is 0.